The van der Waals surface area contributed by atoms with Crippen molar-refractivity contribution in [1.82, 2.24) is 0 Å². The van der Waals surface area contributed by atoms with Gasteiger partial charge in [0.1, 0.15) is 0 Å². The minimum Gasteiger partial charge on any atom is -0.393 e. The van der Waals surface area contributed by atoms with Gasteiger partial charge in [0.25, 0.3) is 0 Å². The van der Waals surface area contributed by atoms with Gasteiger partial charge in [-0.15, -0.1) is 0 Å². The van der Waals surface area contributed by atoms with E-state index in [1.54, 1.807) is 0 Å². The molecule has 9 heavy (non-hydrogen) atoms. The maximum absolute atomic E-state index is 9.32. The zero-order chi connectivity index (χ0) is 6.69. The Balaban J connectivity index is 2.42. The van der Waals surface area contributed by atoms with E-state index >= 15 is 0 Å². The molecule has 0 aromatic rings. The lowest BCUT2D eigenvalue weighted by Gasteiger charge is -2.13. The lowest BCUT2D eigenvalue weighted by atomic mass is 10.0. The number of rotatable bonds is 0. The molecule has 0 aromatic carbocycles. The molecule has 1 aliphatic carbocycles. The van der Waals surface area contributed by atoms with E-state index in [0.29, 0.717) is 5.92 Å². The fraction of sp³-hybridized carbons (Fsp3) is 0.750. The van der Waals surface area contributed by atoms with Crippen molar-refractivity contribution in [2.75, 3.05) is 0 Å². The highest BCUT2D eigenvalue weighted by atomic mass is 16.3. The second kappa shape index (κ2) is 3.02. The summed E-state index contributed by atoms with van der Waals surface area (Å²) >= 11 is 0. The Morgan fingerprint density at radius 2 is 2.22 bits per heavy atom. The topological polar surface area (TPSA) is 20.2 Å². The van der Waals surface area contributed by atoms with Crippen LogP contribution < -0.4 is 0 Å². The summed E-state index contributed by atoms with van der Waals surface area (Å²) in [5.41, 5.74) is 0. The first-order chi connectivity index (χ1) is 4.30. The van der Waals surface area contributed by atoms with Gasteiger partial charge in [0.15, 0.2) is 0 Å². The molecule has 0 fully saturated rings. The van der Waals surface area contributed by atoms with E-state index in [4.69, 9.17) is 0 Å². The third-order valence-corrected chi connectivity index (χ3v) is 1.96. The van der Waals surface area contributed by atoms with Crippen molar-refractivity contribution in [3.63, 3.8) is 0 Å². The monoisotopic (exact) mass is 126 g/mol. The van der Waals surface area contributed by atoms with Crippen LogP contribution in [0.2, 0.25) is 0 Å². The summed E-state index contributed by atoms with van der Waals surface area (Å²) in [6.07, 6.45) is 7.29. The SMILES string of the molecule is CC1CC=CCC[C@H]1O. The van der Waals surface area contributed by atoms with E-state index < -0.39 is 0 Å². The summed E-state index contributed by atoms with van der Waals surface area (Å²) in [7, 11) is 0. The molecule has 1 unspecified atom stereocenters. The van der Waals surface area contributed by atoms with Crippen LogP contribution in [0.25, 0.3) is 0 Å². The van der Waals surface area contributed by atoms with Gasteiger partial charge in [-0.1, -0.05) is 19.1 Å². The molecule has 0 aliphatic heterocycles. The predicted molar refractivity (Wildman–Crippen MR) is 38.2 cm³/mol. The van der Waals surface area contributed by atoms with E-state index in [2.05, 4.69) is 19.1 Å². The first-order valence-electron chi connectivity index (χ1n) is 3.64. The molecule has 0 amide bonds. The van der Waals surface area contributed by atoms with Crippen molar-refractivity contribution >= 4 is 0 Å². The van der Waals surface area contributed by atoms with Gasteiger partial charge in [-0.25, -0.2) is 0 Å². The van der Waals surface area contributed by atoms with Crippen molar-refractivity contribution in [3.05, 3.63) is 12.2 Å². The van der Waals surface area contributed by atoms with Crippen LogP contribution in [0, 0.1) is 5.92 Å². The third-order valence-electron chi connectivity index (χ3n) is 1.96. The van der Waals surface area contributed by atoms with E-state index in [9.17, 15) is 5.11 Å². The highest BCUT2D eigenvalue weighted by Crippen LogP contribution is 2.17. The molecule has 1 aliphatic rings. The molecule has 0 aromatic heterocycles. The van der Waals surface area contributed by atoms with E-state index in [0.717, 1.165) is 19.3 Å². The first kappa shape index (κ1) is 6.81. The summed E-state index contributed by atoms with van der Waals surface area (Å²) in [4.78, 5) is 0. The molecule has 0 heterocycles. The fourth-order valence-electron chi connectivity index (χ4n) is 1.14. The maximum atomic E-state index is 9.32. The van der Waals surface area contributed by atoms with Gasteiger partial charge in [0.05, 0.1) is 6.10 Å². The Hall–Kier alpha value is -0.300. The van der Waals surface area contributed by atoms with Crippen molar-refractivity contribution in [2.45, 2.75) is 32.3 Å². The number of hydrogen-bond acceptors (Lipinski definition) is 1. The molecule has 0 radical (unpaired) electrons. The molecule has 1 heteroatoms. The summed E-state index contributed by atoms with van der Waals surface area (Å²) in [5.74, 6) is 0.462. The van der Waals surface area contributed by atoms with Crippen LogP contribution in [0.15, 0.2) is 12.2 Å². The zero-order valence-electron chi connectivity index (χ0n) is 5.88. The van der Waals surface area contributed by atoms with Gasteiger partial charge < -0.3 is 5.11 Å². The molecule has 0 bridgehead atoms. The van der Waals surface area contributed by atoms with Gasteiger partial charge >= 0.3 is 0 Å². The van der Waals surface area contributed by atoms with Gasteiger partial charge in [0, 0.05) is 0 Å². The van der Waals surface area contributed by atoms with Crippen molar-refractivity contribution in [2.24, 2.45) is 5.92 Å². The van der Waals surface area contributed by atoms with Crippen molar-refractivity contribution in [3.8, 4) is 0 Å². The molecule has 1 rings (SSSR count). The Morgan fingerprint density at radius 1 is 1.44 bits per heavy atom. The summed E-state index contributed by atoms with van der Waals surface area (Å²) in [6, 6.07) is 0. The molecule has 1 N–H and O–H groups in total. The Morgan fingerprint density at radius 3 is 3.00 bits per heavy atom. The first-order valence-corrected chi connectivity index (χ1v) is 3.64. The predicted octanol–water partition coefficient (Wildman–Crippen LogP) is 1.72. The number of aliphatic hydroxyl groups is 1. The Kier molecular flexibility index (Phi) is 2.29. The smallest absolute Gasteiger partial charge is 0.0571 e. The summed E-state index contributed by atoms with van der Waals surface area (Å²) in [6.45, 7) is 2.10. The second-order valence-electron chi connectivity index (χ2n) is 2.83. The van der Waals surface area contributed by atoms with Gasteiger partial charge in [-0.2, -0.15) is 0 Å². The maximum Gasteiger partial charge on any atom is 0.0571 e. The highest BCUT2D eigenvalue weighted by Gasteiger charge is 2.13. The third kappa shape index (κ3) is 1.83. The minimum absolute atomic E-state index is 0.0694. The Labute approximate surface area is 56.4 Å². The van der Waals surface area contributed by atoms with Crippen LogP contribution in [0.1, 0.15) is 26.2 Å². The zero-order valence-corrected chi connectivity index (χ0v) is 5.88. The normalized spacial score (nSPS) is 36.2. The average Bonchev–Trinajstić information content (AvgIpc) is 1.99. The molecule has 0 saturated heterocycles. The second-order valence-corrected chi connectivity index (χ2v) is 2.83. The van der Waals surface area contributed by atoms with Crippen LogP contribution >= 0.6 is 0 Å². The number of aliphatic hydroxyl groups excluding tert-OH is 1. The molecule has 2 atom stereocenters. The Bertz CT molecular complexity index is 107. The standard InChI is InChI=1S/C8H14O/c1-7-5-3-2-4-6-8(7)9/h2-3,7-9H,4-6H2,1H3/t7?,8-/m1/s1. The van der Waals surface area contributed by atoms with Crippen LogP contribution in [0.5, 0.6) is 0 Å². The number of hydrogen-bond donors (Lipinski definition) is 1. The molecule has 52 valence electrons. The largest absolute Gasteiger partial charge is 0.393 e. The van der Waals surface area contributed by atoms with E-state index in [-0.39, 0.29) is 6.10 Å². The lowest BCUT2D eigenvalue weighted by molar-refractivity contribution is 0.112. The quantitative estimate of drug-likeness (QED) is 0.490. The van der Waals surface area contributed by atoms with Crippen LogP contribution in [-0.2, 0) is 0 Å². The molecular formula is C8H14O. The minimum atomic E-state index is -0.0694. The van der Waals surface area contributed by atoms with E-state index in [1.165, 1.54) is 0 Å². The van der Waals surface area contributed by atoms with Crippen molar-refractivity contribution in [1.29, 1.82) is 0 Å². The van der Waals surface area contributed by atoms with Crippen LogP contribution in [0.4, 0.5) is 0 Å². The van der Waals surface area contributed by atoms with Gasteiger partial charge in [-0.05, 0) is 25.2 Å². The van der Waals surface area contributed by atoms with Gasteiger partial charge in [-0.3, -0.25) is 0 Å². The van der Waals surface area contributed by atoms with E-state index in [1.807, 2.05) is 0 Å². The summed E-state index contributed by atoms with van der Waals surface area (Å²) < 4.78 is 0. The molecule has 0 saturated carbocycles. The van der Waals surface area contributed by atoms with Crippen LogP contribution in [0.3, 0.4) is 0 Å². The molecule has 0 spiro atoms. The molecular weight excluding hydrogens is 112 g/mol. The molecule has 1 nitrogen and oxygen atoms in total. The lowest BCUT2D eigenvalue weighted by Crippen LogP contribution is -2.14. The van der Waals surface area contributed by atoms with Crippen molar-refractivity contribution < 1.29 is 5.11 Å². The van der Waals surface area contributed by atoms with Gasteiger partial charge in [0.2, 0.25) is 0 Å². The van der Waals surface area contributed by atoms with Crippen LogP contribution in [-0.4, -0.2) is 11.2 Å². The summed E-state index contributed by atoms with van der Waals surface area (Å²) in [5, 5.41) is 9.32. The number of allylic oxidation sites excluding steroid dienone is 2. The average molecular weight is 126 g/mol. The fourth-order valence-corrected chi connectivity index (χ4v) is 1.14. The highest BCUT2D eigenvalue weighted by molar-refractivity contribution is 4.89.